The van der Waals surface area contributed by atoms with Gasteiger partial charge in [0.15, 0.2) is 0 Å². The molecule has 1 atom stereocenters. The molecule has 0 aliphatic carbocycles. The van der Waals surface area contributed by atoms with Crippen LogP contribution in [-0.4, -0.2) is 11.5 Å². The van der Waals surface area contributed by atoms with Crippen LogP contribution in [0.4, 0.5) is 0 Å². The van der Waals surface area contributed by atoms with Crippen molar-refractivity contribution in [1.29, 1.82) is 5.26 Å². The number of rotatable bonds is 5. The molecule has 0 spiro atoms. The van der Waals surface area contributed by atoms with Gasteiger partial charge in [-0.3, -0.25) is 10.3 Å². The summed E-state index contributed by atoms with van der Waals surface area (Å²) in [6.07, 6.45) is 4.51. The van der Waals surface area contributed by atoms with Gasteiger partial charge in [-0.25, -0.2) is 0 Å². The molecule has 0 fully saturated rings. The fourth-order valence-electron chi connectivity index (χ4n) is 1.31. The Morgan fingerprint density at radius 3 is 2.60 bits per heavy atom. The molecule has 0 saturated heterocycles. The quantitative estimate of drug-likeness (QED) is 0.798. The van der Waals surface area contributed by atoms with Gasteiger partial charge in [-0.2, -0.15) is 5.26 Å². The second-order valence-corrected chi connectivity index (χ2v) is 3.98. The molecule has 1 rings (SSSR count). The predicted molar refractivity (Wildman–Crippen MR) is 60.0 cm³/mol. The molecule has 1 heterocycles. The van der Waals surface area contributed by atoms with Gasteiger partial charge in [-0.05, 0) is 36.6 Å². The van der Waals surface area contributed by atoms with Crippen molar-refractivity contribution in [1.82, 2.24) is 10.3 Å². The number of hydrogen-bond donors (Lipinski definition) is 1. The lowest BCUT2D eigenvalue weighted by Gasteiger charge is -2.12. The maximum absolute atomic E-state index is 9.01. The first kappa shape index (κ1) is 11.7. The van der Waals surface area contributed by atoms with Crippen molar-refractivity contribution in [2.24, 2.45) is 5.92 Å². The van der Waals surface area contributed by atoms with E-state index in [9.17, 15) is 0 Å². The Bertz CT molecular complexity index is 313. The minimum absolute atomic E-state index is 0.216. The highest BCUT2D eigenvalue weighted by atomic mass is 14.9. The SMILES string of the molecule is CC(C)CCNC(C#N)c1ccncc1. The van der Waals surface area contributed by atoms with E-state index in [0.29, 0.717) is 5.92 Å². The van der Waals surface area contributed by atoms with Gasteiger partial charge in [-0.15, -0.1) is 0 Å². The van der Waals surface area contributed by atoms with Gasteiger partial charge < -0.3 is 0 Å². The smallest absolute Gasteiger partial charge is 0.121 e. The predicted octanol–water partition coefficient (Wildman–Crippen LogP) is 2.28. The number of pyridine rings is 1. The van der Waals surface area contributed by atoms with E-state index in [1.165, 1.54) is 0 Å². The molecule has 0 aromatic carbocycles. The van der Waals surface area contributed by atoms with Crippen LogP contribution in [0.1, 0.15) is 31.9 Å². The molecule has 3 nitrogen and oxygen atoms in total. The maximum Gasteiger partial charge on any atom is 0.121 e. The normalized spacial score (nSPS) is 12.4. The van der Waals surface area contributed by atoms with Gasteiger partial charge in [0.25, 0.3) is 0 Å². The summed E-state index contributed by atoms with van der Waals surface area (Å²) in [5, 5.41) is 12.2. The first-order valence-corrected chi connectivity index (χ1v) is 5.27. The third-order valence-corrected chi connectivity index (χ3v) is 2.24. The average Bonchev–Trinajstić information content (AvgIpc) is 2.25. The summed E-state index contributed by atoms with van der Waals surface area (Å²) in [4.78, 5) is 3.93. The summed E-state index contributed by atoms with van der Waals surface area (Å²) >= 11 is 0. The van der Waals surface area contributed by atoms with Gasteiger partial charge >= 0.3 is 0 Å². The summed E-state index contributed by atoms with van der Waals surface area (Å²) in [5.74, 6) is 0.661. The average molecular weight is 203 g/mol. The largest absolute Gasteiger partial charge is 0.298 e. The van der Waals surface area contributed by atoms with Crippen LogP contribution >= 0.6 is 0 Å². The summed E-state index contributed by atoms with van der Waals surface area (Å²) in [7, 11) is 0. The fraction of sp³-hybridized carbons (Fsp3) is 0.500. The third-order valence-electron chi connectivity index (χ3n) is 2.24. The van der Waals surface area contributed by atoms with Crippen LogP contribution < -0.4 is 5.32 Å². The molecule has 15 heavy (non-hydrogen) atoms. The van der Waals surface area contributed by atoms with E-state index >= 15 is 0 Å². The third kappa shape index (κ3) is 4.09. The molecule has 3 heteroatoms. The second-order valence-electron chi connectivity index (χ2n) is 3.98. The molecule has 0 aliphatic rings. The Balaban J connectivity index is 2.48. The van der Waals surface area contributed by atoms with Crippen LogP contribution in [0, 0.1) is 17.2 Å². The highest BCUT2D eigenvalue weighted by molar-refractivity contribution is 5.20. The van der Waals surface area contributed by atoms with Crippen molar-refractivity contribution >= 4 is 0 Å². The van der Waals surface area contributed by atoms with Crippen LogP contribution in [-0.2, 0) is 0 Å². The zero-order valence-corrected chi connectivity index (χ0v) is 9.27. The molecule has 1 aromatic rings. The summed E-state index contributed by atoms with van der Waals surface area (Å²) < 4.78 is 0. The van der Waals surface area contributed by atoms with E-state index in [1.807, 2.05) is 12.1 Å². The van der Waals surface area contributed by atoms with Crippen LogP contribution in [0.15, 0.2) is 24.5 Å². The highest BCUT2D eigenvalue weighted by Gasteiger charge is 2.08. The van der Waals surface area contributed by atoms with Gasteiger partial charge in [0.05, 0.1) is 6.07 Å². The monoisotopic (exact) mass is 203 g/mol. The standard InChI is InChI=1S/C12H17N3/c1-10(2)3-8-15-12(9-13)11-4-6-14-7-5-11/h4-7,10,12,15H,3,8H2,1-2H3. The molecule has 0 aliphatic heterocycles. The van der Waals surface area contributed by atoms with Crippen LogP contribution in [0.3, 0.4) is 0 Å². The van der Waals surface area contributed by atoms with Crippen LogP contribution in [0.25, 0.3) is 0 Å². The molecule has 0 amide bonds. The molecule has 1 unspecified atom stereocenters. The molecular formula is C12H17N3. The van der Waals surface area contributed by atoms with E-state index in [0.717, 1.165) is 18.5 Å². The molecule has 0 saturated carbocycles. The van der Waals surface area contributed by atoms with E-state index in [4.69, 9.17) is 5.26 Å². The summed E-state index contributed by atoms with van der Waals surface area (Å²) in [6.45, 7) is 5.23. The Morgan fingerprint density at radius 1 is 1.40 bits per heavy atom. The van der Waals surface area contributed by atoms with E-state index in [1.54, 1.807) is 12.4 Å². The van der Waals surface area contributed by atoms with Crippen molar-refractivity contribution in [2.75, 3.05) is 6.54 Å². The van der Waals surface area contributed by atoms with Crippen LogP contribution in [0.5, 0.6) is 0 Å². The zero-order chi connectivity index (χ0) is 11.1. The number of nitrogens with one attached hydrogen (secondary N) is 1. The van der Waals surface area contributed by atoms with E-state index in [-0.39, 0.29) is 6.04 Å². The Labute approximate surface area is 91.1 Å². The Morgan fingerprint density at radius 2 is 2.07 bits per heavy atom. The highest BCUT2D eigenvalue weighted by Crippen LogP contribution is 2.10. The topological polar surface area (TPSA) is 48.7 Å². The summed E-state index contributed by atoms with van der Waals surface area (Å²) in [6, 6.07) is 5.78. The molecule has 0 bridgehead atoms. The molecule has 1 aromatic heterocycles. The van der Waals surface area contributed by atoms with Crippen molar-refractivity contribution < 1.29 is 0 Å². The Kier molecular flexibility index (Phi) is 4.79. The zero-order valence-electron chi connectivity index (χ0n) is 9.27. The van der Waals surface area contributed by atoms with Gasteiger partial charge in [0.1, 0.15) is 6.04 Å². The van der Waals surface area contributed by atoms with Crippen molar-refractivity contribution in [3.63, 3.8) is 0 Å². The van der Waals surface area contributed by atoms with Gasteiger partial charge in [0, 0.05) is 12.4 Å². The minimum Gasteiger partial charge on any atom is -0.298 e. The molecule has 0 radical (unpaired) electrons. The van der Waals surface area contributed by atoms with Crippen molar-refractivity contribution in [3.05, 3.63) is 30.1 Å². The van der Waals surface area contributed by atoms with E-state index in [2.05, 4.69) is 30.2 Å². The number of aromatic nitrogens is 1. The maximum atomic E-state index is 9.01. The van der Waals surface area contributed by atoms with E-state index < -0.39 is 0 Å². The Hall–Kier alpha value is -1.40. The molecule has 80 valence electrons. The summed E-state index contributed by atoms with van der Waals surface area (Å²) in [5.41, 5.74) is 0.983. The van der Waals surface area contributed by atoms with Gasteiger partial charge in [0.2, 0.25) is 0 Å². The van der Waals surface area contributed by atoms with Crippen molar-refractivity contribution in [3.8, 4) is 6.07 Å². The molecule has 1 N–H and O–H groups in total. The van der Waals surface area contributed by atoms with Gasteiger partial charge in [-0.1, -0.05) is 13.8 Å². The fourth-order valence-corrected chi connectivity index (χ4v) is 1.31. The second kappa shape index (κ2) is 6.15. The van der Waals surface area contributed by atoms with Crippen LogP contribution in [0.2, 0.25) is 0 Å². The molecular weight excluding hydrogens is 186 g/mol. The number of nitriles is 1. The van der Waals surface area contributed by atoms with Crippen molar-refractivity contribution in [2.45, 2.75) is 26.3 Å². The number of nitrogens with zero attached hydrogens (tertiary/aromatic N) is 2. The first-order chi connectivity index (χ1) is 7.24. The lowest BCUT2D eigenvalue weighted by atomic mass is 10.1. The lowest BCUT2D eigenvalue weighted by Crippen LogP contribution is -2.22. The lowest BCUT2D eigenvalue weighted by molar-refractivity contribution is 0.519. The first-order valence-electron chi connectivity index (χ1n) is 5.27. The minimum atomic E-state index is -0.216. The number of hydrogen-bond acceptors (Lipinski definition) is 3.